The molecular weight excluding hydrogens is 464 g/mol. The summed E-state index contributed by atoms with van der Waals surface area (Å²) in [7, 11) is -1.17. The van der Waals surface area contributed by atoms with Gasteiger partial charge in [-0.1, -0.05) is 54.9 Å². The van der Waals surface area contributed by atoms with Crippen LogP contribution >= 0.6 is 11.6 Å². The first-order chi connectivity index (χ1) is 15.6. The zero-order valence-corrected chi connectivity index (χ0v) is 20.9. The van der Waals surface area contributed by atoms with E-state index in [-0.39, 0.29) is 12.5 Å². The lowest BCUT2D eigenvalue weighted by atomic mass is 10.1. The van der Waals surface area contributed by atoms with Gasteiger partial charge in [0, 0.05) is 32.2 Å². The van der Waals surface area contributed by atoms with Crippen LogP contribution in [0, 0.1) is 0 Å². The van der Waals surface area contributed by atoms with Crippen LogP contribution in [0.1, 0.15) is 25.8 Å². The maximum atomic E-state index is 13.5. The van der Waals surface area contributed by atoms with E-state index in [0.717, 1.165) is 15.0 Å². The molecule has 0 fully saturated rings. The van der Waals surface area contributed by atoms with E-state index in [1.165, 1.54) is 19.0 Å². The van der Waals surface area contributed by atoms with Crippen molar-refractivity contribution < 1.29 is 18.0 Å². The van der Waals surface area contributed by atoms with Gasteiger partial charge in [-0.15, -0.1) is 0 Å². The third-order valence-corrected chi connectivity index (χ3v) is 7.27. The van der Waals surface area contributed by atoms with Crippen molar-refractivity contribution in [3.05, 3.63) is 65.2 Å². The van der Waals surface area contributed by atoms with Crippen LogP contribution in [0.4, 0.5) is 5.69 Å². The molecule has 33 heavy (non-hydrogen) atoms. The number of nitrogens with one attached hydrogen (secondary N) is 1. The van der Waals surface area contributed by atoms with Crippen LogP contribution in [-0.2, 0) is 26.3 Å². The minimum atomic E-state index is -3.97. The van der Waals surface area contributed by atoms with E-state index < -0.39 is 28.7 Å². The number of para-hydroxylation sites is 1. The molecular formula is C23H31ClN4O4S. The zero-order chi connectivity index (χ0) is 24.6. The van der Waals surface area contributed by atoms with E-state index in [2.05, 4.69) is 5.32 Å². The molecule has 0 aliphatic carbocycles. The molecule has 0 spiro atoms. The van der Waals surface area contributed by atoms with Crippen LogP contribution in [0.3, 0.4) is 0 Å². The quantitative estimate of drug-likeness (QED) is 0.520. The molecule has 1 N–H and O–H groups in total. The summed E-state index contributed by atoms with van der Waals surface area (Å²) in [5.41, 5.74) is 1.00. The third-order valence-electron chi connectivity index (χ3n) is 5.08. The number of carbonyl (C=O) groups is 2. The third kappa shape index (κ3) is 6.93. The maximum absolute atomic E-state index is 13.5. The monoisotopic (exact) mass is 494 g/mol. The summed E-state index contributed by atoms with van der Waals surface area (Å²) in [4.78, 5) is 27.6. The number of benzene rings is 2. The second kappa shape index (κ2) is 12.0. The number of nitrogens with zero attached hydrogens (tertiary/aromatic N) is 3. The molecule has 1 atom stereocenters. The van der Waals surface area contributed by atoms with Gasteiger partial charge in [-0.2, -0.15) is 12.7 Å². The minimum Gasteiger partial charge on any atom is -0.354 e. The predicted octanol–water partition coefficient (Wildman–Crippen LogP) is 2.90. The number of carbonyl (C=O) groups excluding carboxylic acids is 2. The highest BCUT2D eigenvalue weighted by molar-refractivity contribution is 7.90. The van der Waals surface area contributed by atoms with Crippen LogP contribution in [-0.4, -0.2) is 62.7 Å². The number of anilines is 1. The van der Waals surface area contributed by atoms with E-state index in [4.69, 9.17) is 11.6 Å². The first-order valence-corrected chi connectivity index (χ1v) is 12.4. The normalized spacial score (nSPS) is 12.3. The molecule has 0 radical (unpaired) electrons. The second-order valence-electron chi connectivity index (χ2n) is 7.71. The SMILES string of the molecule is CCCNC(=O)[C@H](C)N(Cc1ccccc1Cl)C(=O)CN(c1ccccc1)S(=O)(=O)N(C)C. The van der Waals surface area contributed by atoms with Crippen molar-refractivity contribution in [2.75, 3.05) is 31.5 Å². The second-order valence-corrected chi connectivity index (χ2v) is 10.2. The summed E-state index contributed by atoms with van der Waals surface area (Å²) in [5, 5.41) is 3.25. The Kier molecular flexibility index (Phi) is 9.70. The Morgan fingerprint density at radius 1 is 1.03 bits per heavy atom. The Balaban J connectivity index is 2.42. The predicted molar refractivity (Wildman–Crippen MR) is 131 cm³/mol. The van der Waals surface area contributed by atoms with Crippen LogP contribution in [0.15, 0.2) is 54.6 Å². The molecule has 10 heteroatoms. The van der Waals surface area contributed by atoms with E-state index in [0.29, 0.717) is 22.8 Å². The highest BCUT2D eigenvalue weighted by atomic mass is 35.5. The Morgan fingerprint density at radius 3 is 2.21 bits per heavy atom. The minimum absolute atomic E-state index is 0.0594. The van der Waals surface area contributed by atoms with E-state index in [1.54, 1.807) is 61.5 Å². The Hall–Kier alpha value is -2.62. The molecule has 0 saturated carbocycles. The van der Waals surface area contributed by atoms with Crippen LogP contribution in [0.25, 0.3) is 0 Å². The number of amides is 2. The fourth-order valence-electron chi connectivity index (χ4n) is 3.10. The molecule has 2 rings (SSSR count). The van der Waals surface area contributed by atoms with Crippen LogP contribution < -0.4 is 9.62 Å². The molecule has 0 aliphatic heterocycles. The number of hydrogen-bond acceptors (Lipinski definition) is 4. The Labute approximate surface area is 201 Å². The lowest BCUT2D eigenvalue weighted by Crippen LogP contribution is -2.52. The molecule has 2 aromatic rings. The van der Waals surface area contributed by atoms with Crippen molar-refractivity contribution in [3.63, 3.8) is 0 Å². The Bertz CT molecular complexity index is 1050. The van der Waals surface area contributed by atoms with Crippen molar-refractivity contribution in [1.29, 1.82) is 0 Å². The number of rotatable bonds is 11. The Morgan fingerprint density at radius 2 is 1.64 bits per heavy atom. The molecule has 0 aliphatic rings. The van der Waals surface area contributed by atoms with Gasteiger partial charge >= 0.3 is 10.2 Å². The molecule has 0 aromatic heterocycles. The van der Waals surface area contributed by atoms with E-state index >= 15 is 0 Å². The van der Waals surface area contributed by atoms with Crippen molar-refractivity contribution in [2.45, 2.75) is 32.9 Å². The van der Waals surface area contributed by atoms with E-state index in [9.17, 15) is 18.0 Å². The summed E-state index contributed by atoms with van der Waals surface area (Å²) >= 11 is 6.31. The lowest BCUT2D eigenvalue weighted by molar-refractivity contribution is -0.139. The zero-order valence-electron chi connectivity index (χ0n) is 19.4. The van der Waals surface area contributed by atoms with Gasteiger partial charge in [0.05, 0.1) is 5.69 Å². The van der Waals surface area contributed by atoms with Gasteiger partial charge in [-0.05, 0) is 37.1 Å². The van der Waals surface area contributed by atoms with Crippen molar-refractivity contribution in [2.24, 2.45) is 0 Å². The van der Waals surface area contributed by atoms with Crippen molar-refractivity contribution >= 4 is 39.3 Å². The molecule has 0 unspecified atom stereocenters. The van der Waals surface area contributed by atoms with Crippen LogP contribution in [0.2, 0.25) is 5.02 Å². The van der Waals surface area contributed by atoms with Gasteiger partial charge in [0.1, 0.15) is 12.6 Å². The summed E-state index contributed by atoms with van der Waals surface area (Å²) in [6.45, 7) is 3.61. The largest absolute Gasteiger partial charge is 0.354 e. The van der Waals surface area contributed by atoms with Gasteiger partial charge in [-0.25, -0.2) is 4.31 Å². The van der Waals surface area contributed by atoms with Crippen molar-refractivity contribution in [1.82, 2.24) is 14.5 Å². The highest BCUT2D eigenvalue weighted by Crippen LogP contribution is 2.22. The smallest absolute Gasteiger partial charge is 0.304 e. The average Bonchev–Trinajstić information content (AvgIpc) is 2.80. The summed E-state index contributed by atoms with van der Waals surface area (Å²) in [6.07, 6.45) is 0.750. The summed E-state index contributed by atoms with van der Waals surface area (Å²) in [5.74, 6) is -0.845. The number of hydrogen-bond donors (Lipinski definition) is 1. The molecule has 0 saturated heterocycles. The van der Waals surface area contributed by atoms with Gasteiger partial charge in [0.25, 0.3) is 0 Å². The maximum Gasteiger partial charge on any atom is 0.304 e. The van der Waals surface area contributed by atoms with E-state index in [1.807, 2.05) is 6.92 Å². The molecule has 0 heterocycles. The molecule has 2 amide bonds. The molecule has 8 nitrogen and oxygen atoms in total. The highest BCUT2D eigenvalue weighted by Gasteiger charge is 2.32. The standard InChI is InChI=1S/C23H31ClN4O4S/c1-5-15-25-23(30)18(2)27(16-19-11-9-10-14-21(19)24)22(29)17-28(33(31,32)26(3)4)20-12-7-6-8-13-20/h6-14,18H,5,15-17H2,1-4H3,(H,25,30)/t18-/m0/s1. The average molecular weight is 495 g/mol. The van der Waals surface area contributed by atoms with Crippen molar-refractivity contribution in [3.8, 4) is 0 Å². The fourth-order valence-corrected chi connectivity index (χ4v) is 4.35. The summed E-state index contributed by atoms with van der Waals surface area (Å²) < 4.78 is 28.1. The topological polar surface area (TPSA) is 90.0 Å². The molecule has 2 aromatic carbocycles. The van der Waals surface area contributed by atoms with Crippen LogP contribution in [0.5, 0.6) is 0 Å². The lowest BCUT2D eigenvalue weighted by Gasteiger charge is -2.33. The molecule has 0 bridgehead atoms. The van der Waals surface area contributed by atoms with Gasteiger partial charge < -0.3 is 10.2 Å². The van der Waals surface area contributed by atoms with Gasteiger partial charge in [-0.3, -0.25) is 9.59 Å². The first-order valence-electron chi connectivity index (χ1n) is 10.6. The fraction of sp³-hybridized carbons (Fsp3) is 0.391. The first kappa shape index (κ1) is 26.6. The van der Waals surface area contributed by atoms with Gasteiger partial charge in [0.2, 0.25) is 11.8 Å². The molecule has 180 valence electrons. The number of halogens is 1. The summed E-state index contributed by atoms with van der Waals surface area (Å²) in [6, 6.07) is 14.6. The van der Waals surface area contributed by atoms with Gasteiger partial charge in [0.15, 0.2) is 0 Å².